The number of hydrogen-bond acceptors (Lipinski definition) is 3. The minimum absolute atomic E-state index is 0.106. The lowest BCUT2D eigenvalue weighted by molar-refractivity contribution is 0.300. The Morgan fingerprint density at radius 3 is 1.54 bits per heavy atom. The molecule has 0 saturated heterocycles. The molecule has 0 spiro atoms. The van der Waals surface area contributed by atoms with Crippen LogP contribution in [-0.2, 0) is 10.8 Å². The van der Waals surface area contributed by atoms with Crippen LogP contribution >= 0.6 is 0 Å². The van der Waals surface area contributed by atoms with E-state index in [2.05, 4.69) is 155 Å². The molecule has 0 bridgehead atoms. The van der Waals surface area contributed by atoms with E-state index in [9.17, 15) is 0 Å². The molecule has 8 aromatic rings. The van der Waals surface area contributed by atoms with Gasteiger partial charge in [0.15, 0.2) is 17.5 Å². The molecular weight excluding hydrogens is 631 g/mol. The van der Waals surface area contributed by atoms with Crippen LogP contribution in [0.4, 0.5) is 0 Å². The first-order chi connectivity index (χ1) is 25.3. The van der Waals surface area contributed by atoms with Crippen molar-refractivity contribution in [3.63, 3.8) is 0 Å². The smallest absolute Gasteiger partial charge is 0.164 e. The Hall–Kier alpha value is -6.19. The predicted octanol–water partition coefficient (Wildman–Crippen LogP) is 12.6. The molecule has 1 aromatic heterocycles. The summed E-state index contributed by atoms with van der Waals surface area (Å²) in [5.41, 5.74) is 12.9. The molecule has 0 unspecified atom stereocenters. The second-order valence-corrected chi connectivity index (χ2v) is 14.9. The highest BCUT2D eigenvalue weighted by Crippen LogP contribution is 2.56. The first-order valence-corrected chi connectivity index (χ1v) is 18.0. The minimum Gasteiger partial charge on any atom is -0.208 e. The van der Waals surface area contributed by atoms with E-state index in [-0.39, 0.29) is 10.8 Å². The van der Waals surface area contributed by atoms with E-state index in [1.54, 1.807) is 0 Å². The third-order valence-corrected chi connectivity index (χ3v) is 11.5. The molecule has 0 fully saturated rings. The lowest BCUT2D eigenvalue weighted by atomic mass is 9.54. The molecular formula is C49H39N3. The largest absolute Gasteiger partial charge is 0.208 e. The standard InChI is InChI=1S/C49H39N3/c1-48(2)43-28-27-35(30-41(43)40-26-16-25-39(44(40)49(48,3)4)32-17-8-5-9-18-32)37-29-36-23-14-15-24-38(36)42(31-37)47-51-45(33-19-10-6-11-20-33)50-46(52-47)34-21-12-7-13-22-34/h5-31H,1-4H3. The molecule has 0 aliphatic heterocycles. The second kappa shape index (κ2) is 12.2. The first-order valence-electron chi connectivity index (χ1n) is 18.0. The van der Waals surface area contributed by atoms with Gasteiger partial charge in [-0.2, -0.15) is 0 Å². The van der Waals surface area contributed by atoms with Gasteiger partial charge in [-0.1, -0.05) is 173 Å². The number of rotatable bonds is 5. The summed E-state index contributed by atoms with van der Waals surface area (Å²) >= 11 is 0. The van der Waals surface area contributed by atoms with Gasteiger partial charge in [-0.15, -0.1) is 0 Å². The van der Waals surface area contributed by atoms with Gasteiger partial charge in [-0.3, -0.25) is 0 Å². The van der Waals surface area contributed by atoms with Gasteiger partial charge in [0, 0.05) is 22.1 Å². The highest BCUT2D eigenvalue weighted by Gasteiger charge is 2.47. The maximum atomic E-state index is 5.14. The summed E-state index contributed by atoms with van der Waals surface area (Å²) in [6, 6.07) is 58.2. The van der Waals surface area contributed by atoms with Crippen LogP contribution in [0.25, 0.3) is 78.3 Å². The topological polar surface area (TPSA) is 38.7 Å². The molecule has 0 saturated carbocycles. The molecule has 1 heterocycles. The Morgan fingerprint density at radius 2 is 0.885 bits per heavy atom. The maximum Gasteiger partial charge on any atom is 0.164 e. The molecule has 0 atom stereocenters. The summed E-state index contributed by atoms with van der Waals surface area (Å²) in [7, 11) is 0. The van der Waals surface area contributed by atoms with Crippen LogP contribution in [0.2, 0.25) is 0 Å². The van der Waals surface area contributed by atoms with Crippen LogP contribution in [0.1, 0.15) is 38.8 Å². The normalized spacial score (nSPS) is 14.1. The van der Waals surface area contributed by atoms with Crippen molar-refractivity contribution in [2.45, 2.75) is 38.5 Å². The Kier molecular flexibility index (Phi) is 7.48. The molecule has 7 aromatic carbocycles. The zero-order valence-electron chi connectivity index (χ0n) is 29.9. The summed E-state index contributed by atoms with van der Waals surface area (Å²) in [5, 5.41) is 2.25. The van der Waals surface area contributed by atoms with Gasteiger partial charge in [-0.25, -0.2) is 15.0 Å². The molecule has 1 aliphatic rings. The van der Waals surface area contributed by atoms with Gasteiger partial charge < -0.3 is 0 Å². The summed E-state index contributed by atoms with van der Waals surface area (Å²) in [6.07, 6.45) is 0. The third kappa shape index (κ3) is 5.15. The molecule has 250 valence electrons. The van der Waals surface area contributed by atoms with Crippen LogP contribution in [0.3, 0.4) is 0 Å². The van der Waals surface area contributed by atoms with Crippen molar-refractivity contribution in [1.82, 2.24) is 15.0 Å². The van der Waals surface area contributed by atoms with E-state index in [4.69, 9.17) is 15.0 Å². The van der Waals surface area contributed by atoms with E-state index in [1.807, 2.05) is 36.4 Å². The number of fused-ring (bicyclic) bond motifs is 4. The van der Waals surface area contributed by atoms with Gasteiger partial charge >= 0.3 is 0 Å². The van der Waals surface area contributed by atoms with Crippen molar-refractivity contribution in [2.75, 3.05) is 0 Å². The molecule has 3 nitrogen and oxygen atoms in total. The molecule has 1 aliphatic carbocycles. The van der Waals surface area contributed by atoms with E-state index in [0.717, 1.165) is 38.6 Å². The van der Waals surface area contributed by atoms with Gasteiger partial charge in [0.05, 0.1) is 0 Å². The van der Waals surface area contributed by atoms with Gasteiger partial charge in [0.25, 0.3) is 0 Å². The highest BCUT2D eigenvalue weighted by atomic mass is 15.0. The average Bonchev–Trinajstić information content (AvgIpc) is 3.20. The van der Waals surface area contributed by atoms with Gasteiger partial charge in [0.2, 0.25) is 0 Å². The van der Waals surface area contributed by atoms with Crippen molar-refractivity contribution in [3.8, 4) is 67.5 Å². The van der Waals surface area contributed by atoms with Crippen LogP contribution in [-0.4, -0.2) is 15.0 Å². The van der Waals surface area contributed by atoms with Crippen molar-refractivity contribution in [1.29, 1.82) is 0 Å². The fourth-order valence-corrected chi connectivity index (χ4v) is 8.04. The quantitative estimate of drug-likeness (QED) is 0.183. The van der Waals surface area contributed by atoms with Crippen molar-refractivity contribution >= 4 is 10.8 Å². The molecule has 9 rings (SSSR count). The Labute approximate surface area is 305 Å². The van der Waals surface area contributed by atoms with Gasteiger partial charge in [0.1, 0.15) is 0 Å². The van der Waals surface area contributed by atoms with Crippen LogP contribution in [0.15, 0.2) is 164 Å². The van der Waals surface area contributed by atoms with Crippen molar-refractivity contribution < 1.29 is 0 Å². The number of nitrogens with zero attached hydrogens (tertiary/aromatic N) is 3. The maximum absolute atomic E-state index is 5.14. The van der Waals surface area contributed by atoms with Crippen molar-refractivity contribution in [2.24, 2.45) is 0 Å². The number of hydrogen-bond donors (Lipinski definition) is 0. The SMILES string of the molecule is CC1(C)c2ccc(-c3cc(-c4nc(-c5ccccc5)nc(-c5ccccc5)n4)c4ccccc4c3)cc2-c2cccc(-c3ccccc3)c2C1(C)C. The summed E-state index contributed by atoms with van der Waals surface area (Å²) < 4.78 is 0. The zero-order valence-corrected chi connectivity index (χ0v) is 29.9. The Balaban J connectivity index is 1.26. The first kappa shape index (κ1) is 31.8. The summed E-state index contributed by atoms with van der Waals surface area (Å²) in [4.78, 5) is 15.2. The fraction of sp³-hybridized carbons (Fsp3) is 0.122. The lowest BCUT2D eigenvalue weighted by Crippen LogP contribution is -2.44. The number of aromatic nitrogens is 3. The lowest BCUT2D eigenvalue weighted by Gasteiger charge is -2.49. The zero-order chi connectivity index (χ0) is 35.5. The second-order valence-electron chi connectivity index (χ2n) is 14.9. The van der Waals surface area contributed by atoms with E-state index < -0.39 is 0 Å². The summed E-state index contributed by atoms with van der Waals surface area (Å²) in [5.74, 6) is 1.97. The monoisotopic (exact) mass is 669 g/mol. The highest BCUT2D eigenvalue weighted by molar-refractivity contribution is 5.99. The average molecular weight is 670 g/mol. The van der Waals surface area contributed by atoms with E-state index >= 15 is 0 Å². The predicted molar refractivity (Wildman–Crippen MR) is 216 cm³/mol. The Bertz CT molecular complexity index is 2550. The minimum atomic E-state index is -0.111. The Morgan fingerprint density at radius 1 is 0.346 bits per heavy atom. The molecule has 52 heavy (non-hydrogen) atoms. The van der Waals surface area contributed by atoms with E-state index in [1.165, 1.54) is 33.4 Å². The fourth-order valence-electron chi connectivity index (χ4n) is 8.04. The van der Waals surface area contributed by atoms with E-state index in [0.29, 0.717) is 17.5 Å². The number of benzene rings is 7. The molecule has 0 amide bonds. The van der Waals surface area contributed by atoms with Crippen LogP contribution < -0.4 is 0 Å². The molecule has 3 heteroatoms. The molecule has 0 N–H and O–H groups in total. The van der Waals surface area contributed by atoms with Crippen molar-refractivity contribution in [3.05, 3.63) is 175 Å². The third-order valence-electron chi connectivity index (χ3n) is 11.5. The van der Waals surface area contributed by atoms with Gasteiger partial charge in [-0.05, 0) is 78.9 Å². The van der Waals surface area contributed by atoms with Crippen LogP contribution in [0, 0.1) is 0 Å². The van der Waals surface area contributed by atoms with Crippen LogP contribution in [0.5, 0.6) is 0 Å². The molecule has 0 radical (unpaired) electrons. The summed E-state index contributed by atoms with van der Waals surface area (Å²) in [6.45, 7) is 9.62.